The summed E-state index contributed by atoms with van der Waals surface area (Å²) in [7, 11) is 0. The van der Waals surface area contributed by atoms with E-state index in [4.69, 9.17) is 4.74 Å². The Morgan fingerprint density at radius 2 is 2.05 bits per heavy atom. The Labute approximate surface area is 117 Å². The minimum Gasteiger partial charge on any atom is -0.482 e. The van der Waals surface area contributed by atoms with E-state index in [1.807, 2.05) is 6.92 Å². The predicted octanol–water partition coefficient (Wildman–Crippen LogP) is 3.18. The molecule has 2 aliphatic carbocycles. The summed E-state index contributed by atoms with van der Waals surface area (Å²) in [6.07, 6.45) is 3.98. The number of rotatable bonds is 3. The van der Waals surface area contributed by atoms with Gasteiger partial charge >= 0.3 is 5.69 Å². The molecular weight excluding hydrogens is 258 g/mol. The van der Waals surface area contributed by atoms with Gasteiger partial charge in [0.25, 0.3) is 0 Å². The van der Waals surface area contributed by atoms with Crippen molar-refractivity contribution in [1.29, 1.82) is 0 Å². The fourth-order valence-electron chi connectivity index (χ4n) is 3.40. The first kappa shape index (κ1) is 13.1. The third-order valence-electron chi connectivity index (χ3n) is 4.62. The number of hydrogen-bond donors (Lipinski definition) is 0. The van der Waals surface area contributed by atoms with E-state index in [0.717, 1.165) is 31.2 Å². The van der Waals surface area contributed by atoms with Crippen LogP contribution in [0, 0.1) is 22.5 Å². The molecule has 1 aromatic carbocycles. The van der Waals surface area contributed by atoms with Crippen molar-refractivity contribution in [3.8, 4) is 5.75 Å². The molecule has 1 unspecified atom stereocenters. The summed E-state index contributed by atoms with van der Waals surface area (Å²) in [5.41, 5.74) is 0.525. The highest BCUT2D eigenvalue weighted by atomic mass is 16.6. The van der Waals surface area contributed by atoms with Crippen LogP contribution in [0.4, 0.5) is 5.69 Å². The number of benzene rings is 1. The third-order valence-corrected chi connectivity index (χ3v) is 4.62. The summed E-state index contributed by atoms with van der Waals surface area (Å²) in [5, 5.41) is 11.1. The normalized spacial score (nSPS) is 23.6. The van der Waals surface area contributed by atoms with E-state index < -0.39 is 4.92 Å². The van der Waals surface area contributed by atoms with Gasteiger partial charge in [-0.1, -0.05) is 18.9 Å². The molecule has 20 heavy (non-hydrogen) atoms. The van der Waals surface area contributed by atoms with Crippen LogP contribution in [0.2, 0.25) is 0 Å². The van der Waals surface area contributed by atoms with E-state index in [1.54, 1.807) is 12.1 Å². The van der Waals surface area contributed by atoms with Crippen LogP contribution in [0.3, 0.4) is 0 Å². The SMILES string of the molecule is Cc1ccc([N+](=O)[O-])c(OC2CC(=O)C23CCCC3)c1. The average molecular weight is 275 g/mol. The maximum atomic E-state index is 11.9. The first-order valence-corrected chi connectivity index (χ1v) is 6.98. The lowest BCUT2D eigenvalue weighted by Crippen LogP contribution is -2.55. The Balaban J connectivity index is 1.87. The van der Waals surface area contributed by atoms with Crippen LogP contribution in [-0.4, -0.2) is 16.8 Å². The van der Waals surface area contributed by atoms with Crippen LogP contribution in [0.15, 0.2) is 18.2 Å². The molecule has 5 heteroatoms. The predicted molar refractivity (Wildman–Crippen MR) is 72.8 cm³/mol. The van der Waals surface area contributed by atoms with Gasteiger partial charge in [0.1, 0.15) is 11.9 Å². The van der Waals surface area contributed by atoms with E-state index in [1.165, 1.54) is 6.07 Å². The molecule has 2 saturated carbocycles. The molecule has 0 aromatic heterocycles. The summed E-state index contributed by atoms with van der Waals surface area (Å²) < 4.78 is 5.87. The molecule has 106 valence electrons. The largest absolute Gasteiger partial charge is 0.482 e. The summed E-state index contributed by atoms with van der Waals surface area (Å²) >= 11 is 0. The molecule has 2 aliphatic rings. The number of carbonyl (C=O) groups excluding carboxylic acids is 1. The number of aryl methyl sites for hydroxylation is 1. The second-order valence-electron chi connectivity index (χ2n) is 5.83. The van der Waals surface area contributed by atoms with Crippen molar-refractivity contribution >= 4 is 11.5 Å². The number of ketones is 1. The Kier molecular flexibility index (Phi) is 3.00. The van der Waals surface area contributed by atoms with Crippen LogP contribution >= 0.6 is 0 Å². The van der Waals surface area contributed by atoms with Gasteiger partial charge in [-0.25, -0.2) is 0 Å². The smallest absolute Gasteiger partial charge is 0.310 e. The van der Waals surface area contributed by atoms with Crippen LogP contribution in [0.1, 0.15) is 37.7 Å². The Bertz CT molecular complexity index is 575. The Morgan fingerprint density at radius 3 is 2.65 bits per heavy atom. The topological polar surface area (TPSA) is 69.4 Å². The van der Waals surface area contributed by atoms with E-state index in [2.05, 4.69) is 0 Å². The second-order valence-corrected chi connectivity index (χ2v) is 5.83. The molecule has 0 N–H and O–H groups in total. The first-order valence-electron chi connectivity index (χ1n) is 6.98. The molecule has 1 atom stereocenters. The Hall–Kier alpha value is -1.91. The highest BCUT2D eigenvalue weighted by Crippen LogP contribution is 2.52. The number of Topliss-reactive ketones (excluding diaryl/α,β-unsaturated/α-hetero) is 1. The van der Waals surface area contributed by atoms with Crippen molar-refractivity contribution in [3.63, 3.8) is 0 Å². The van der Waals surface area contributed by atoms with Crippen molar-refractivity contribution in [2.45, 2.75) is 45.1 Å². The molecule has 1 aromatic rings. The number of carbonyl (C=O) groups is 1. The molecule has 0 saturated heterocycles. The van der Waals surface area contributed by atoms with Crippen LogP contribution in [0.25, 0.3) is 0 Å². The van der Waals surface area contributed by atoms with Gasteiger partial charge in [0.15, 0.2) is 5.75 Å². The maximum absolute atomic E-state index is 11.9. The van der Waals surface area contributed by atoms with Crippen LogP contribution in [-0.2, 0) is 4.79 Å². The van der Waals surface area contributed by atoms with Gasteiger partial charge in [0.2, 0.25) is 0 Å². The highest BCUT2D eigenvalue weighted by Gasteiger charge is 2.57. The van der Waals surface area contributed by atoms with Gasteiger partial charge in [0.05, 0.1) is 10.3 Å². The summed E-state index contributed by atoms with van der Waals surface area (Å²) in [6, 6.07) is 4.85. The zero-order chi connectivity index (χ0) is 14.3. The van der Waals surface area contributed by atoms with E-state index in [0.29, 0.717) is 12.2 Å². The fraction of sp³-hybridized carbons (Fsp3) is 0.533. The molecule has 1 spiro atoms. The summed E-state index contributed by atoms with van der Waals surface area (Å²) in [6.45, 7) is 1.87. The fourth-order valence-corrected chi connectivity index (χ4v) is 3.40. The zero-order valence-electron chi connectivity index (χ0n) is 11.4. The third kappa shape index (κ3) is 1.88. The minimum atomic E-state index is -0.434. The maximum Gasteiger partial charge on any atom is 0.310 e. The second kappa shape index (κ2) is 4.58. The standard InChI is InChI=1S/C15H17NO4/c1-10-4-5-11(16(18)19)12(8-10)20-14-9-13(17)15(14)6-2-3-7-15/h4-5,8,14H,2-3,6-7,9H2,1H3. The van der Waals surface area contributed by atoms with Gasteiger partial charge in [-0.15, -0.1) is 0 Å². The number of ether oxygens (including phenoxy) is 1. The van der Waals surface area contributed by atoms with Crippen molar-refractivity contribution in [1.82, 2.24) is 0 Å². The van der Waals surface area contributed by atoms with Crippen molar-refractivity contribution < 1.29 is 14.5 Å². The molecule has 3 rings (SSSR count). The van der Waals surface area contributed by atoms with Crippen LogP contribution < -0.4 is 4.74 Å². The van der Waals surface area contributed by atoms with E-state index in [-0.39, 0.29) is 23.0 Å². The van der Waals surface area contributed by atoms with Gasteiger partial charge in [-0.2, -0.15) is 0 Å². The summed E-state index contributed by atoms with van der Waals surface area (Å²) in [5.74, 6) is 0.550. The van der Waals surface area contributed by atoms with Crippen molar-refractivity contribution in [2.75, 3.05) is 0 Å². The quantitative estimate of drug-likeness (QED) is 0.627. The number of nitro groups is 1. The van der Waals surface area contributed by atoms with Gasteiger partial charge < -0.3 is 4.74 Å². The molecule has 0 radical (unpaired) electrons. The minimum absolute atomic E-state index is 0.0249. The van der Waals surface area contributed by atoms with Gasteiger partial charge in [-0.3, -0.25) is 14.9 Å². The zero-order valence-corrected chi connectivity index (χ0v) is 11.4. The number of nitrogens with zero attached hydrogens (tertiary/aromatic N) is 1. The molecule has 0 bridgehead atoms. The van der Waals surface area contributed by atoms with E-state index in [9.17, 15) is 14.9 Å². The monoisotopic (exact) mass is 275 g/mol. The molecule has 0 amide bonds. The molecule has 0 aliphatic heterocycles. The van der Waals surface area contributed by atoms with Crippen molar-refractivity contribution in [2.24, 2.45) is 5.41 Å². The Morgan fingerprint density at radius 1 is 1.35 bits per heavy atom. The lowest BCUT2D eigenvalue weighted by molar-refractivity contribution is -0.386. The average Bonchev–Trinajstić information content (AvgIpc) is 2.90. The summed E-state index contributed by atoms with van der Waals surface area (Å²) in [4.78, 5) is 22.5. The lowest BCUT2D eigenvalue weighted by atomic mass is 9.63. The molecule has 5 nitrogen and oxygen atoms in total. The number of hydrogen-bond acceptors (Lipinski definition) is 4. The van der Waals surface area contributed by atoms with Crippen molar-refractivity contribution in [3.05, 3.63) is 33.9 Å². The van der Waals surface area contributed by atoms with E-state index >= 15 is 0 Å². The van der Waals surface area contributed by atoms with Gasteiger partial charge in [0, 0.05) is 12.5 Å². The van der Waals surface area contributed by atoms with Crippen LogP contribution in [0.5, 0.6) is 5.75 Å². The molecule has 2 fully saturated rings. The number of nitro benzene ring substituents is 1. The highest BCUT2D eigenvalue weighted by molar-refractivity contribution is 5.92. The molecular formula is C15H17NO4. The lowest BCUT2D eigenvalue weighted by Gasteiger charge is -2.44. The first-order chi connectivity index (χ1) is 9.53. The molecule has 0 heterocycles. The van der Waals surface area contributed by atoms with Gasteiger partial charge in [-0.05, 0) is 31.4 Å².